The molecule has 0 aliphatic heterocycles. The van der Waals surface area contributed by atoms with Gasteiger partial charge in [0.25, 0.3) is 5.56 Å². The molecule has 0 saturated heterocycles. The first-order valence-electron chi connectivity index (χ1n) is 8.26. The topological polar surface area (TPSA) is 67.5 Å². The van der Waals surface area contributed by atoms with Gasteiger partial charge < -0.3 is 5.11 Å². The summed E-state index contributed by atoms with van der Waals surface area (Å²) in [7, 11) is 0. The number of phenolic OH excluding ortho intramolecular Hbond substituents is 1. The van der Waals surface area contributed by atoms with E-state index in [1.54, 1.807) is 24.3 Å². The van der Waals surface area contributed by atoms with E-state index >= 15 is 0 Å². The molecular weight excluding hydrogens is 497 g/mol. The molecule has 0 radical (unpaired) electrons. The predicted octanol–water partition coefficient (Wildman–Crippen LogP) is 5.68. The van der Waals surface area contributed by atoms with Crippen molar-refractivity contribution in [1.82, 2.24) is 9.66 Å². The van der Waals surface area contributed by atoms with Gasteiger partial charge in [0, 0.05) is 21.0 Å². The second-order valence-electron chi connectivity index (χ2n) is 6.13. The third kappa shape index (κ3) is 4.10. The number of aromatic nitrogens is 2. The fourth-order valence-electron chi connectivity index (χ4n) is 2.58. The van der Waals surface area contributed by atoms with Crippen molar-refractivity contribution in [2.45, 2.75) is 26.2 Å². The highest BCUT2D eigenvalue weighted by Crippen LogP contribution is 2.30. The molecule has 2 aromatic carbocycles. The molecule has 5 nitrogen and oxygen atoms in total. The maximum atomic E-state index is 13.1. The summed E-state index contributed by atoms with van der Waals surface area (Å²) < 4.78 is 2.53. The van der Waals surface area contributed by atoms with Gasteiger partial charge in [-0.3, -0.25) is 4.79 Å². The second kappa shape index (κ2) is 8.12. The van der Waals surface area contributed by atoms with Crippen LogP contribution in [-0.4, -0.2) is 21.0 Å². The Balaban J connectivity index is 2.23. The Hall–Kier alpha value is -1.70. The van der Waals surface area contributed by atoms with Crippen LogP contribution in [0.2, 0.25) is 5.02 Å². The highest BCUT2D eigenvalue weighted by molar-refractivity contribution is 9.10. The Labute approximate surface area is 178 Å². The normalized spacial score (nSPS) is 12.8. The molecule has 140 valence electrons. The molecule has 27 heavy (non-hydrogen) atoms. The Morgan fingerprint density at radius 2 is 2.07 bits per heavy atom. The van der Waals surface area contributed by atoms with Crippen LogP contribution in [0.25, 0.3) is 10.9 Å². The molecule has 1 N–H and O–H groups in total. The quantitative estimate of drug-likeness (QED) is 0.457. The number of fused-ring (bicyclic) bond motifs is 1. The number of rotatable bonds is 4. The van der Waals surface area contributed by atoms with Gasteiger partial charge in [0.2, 0.25) is 0 Å². The lowest BCUT2D eigenvalue weighted by Gasteiger charge is -2.14. The second-order valence-corrected chi connectivity index (χ2v) is 8.33. The smallest absolute Gasteiger partial charge is 0.282 e. The lowest BCUT2D eigenvalue weighted by Crippen LogP contribution is -2.23. The summed E-state index contributed by atoms with van der Waals surface area (Å²) in [5.74, 6) is 0.592. The molecule has 1 aromatic heterocycles. The van der Waals surface area contributed by atoms with Crippen LogP contribution in [0.1, 0.15) is 37.6 Å². The van der Waals surface area contributed by atoms with E-state index in [1.165, 1.54) is 10.9 Å². The van der Waals surface area contributed by atoms with Gasteiger partial charge in [-0.2, -0.15) is 9.78 Å². The number of benzene rings is 2. The van der Waals surface area contributed by atoms with Crippen LogP contribution in [0, 0.1) is 0 Å². The SMILES string of the molecule is CC[C@@H](C)c1nc2ccc(Br)cc2c(=O)n1N=Cc1cc(Cl)cc(Br)c1O. The third-order valence-electron chi connectivity index (χ3n) is 4.26. The molecule has 0 unspecified atom stereocenters. The average molecular weight is 514 g/mol. The lowest BCUT2D eigenvalue weighted by molar-refractivity contribution is 0.471. The fourth-order valence-corrected chi connectivity index (χ4v) is 3.78. The van der Waals surface area contributed by atoms with Crippen molar-refractivity contribution in [1.29, 1.82) is 0 Å². The monoisotopic (exact) mass is 511 g/mol. The van der Waals surface area contributed by atoms with Crippen LogP contribution in [0.5, 0.6) is 5.75 Å². The largest absolute Gasteiger partial charge is 0.506 e. The fraction of sp³-hybridized carbons (Fsp3) is 0.211. The van der Waals surface area contributed by atoms with Crippen molar-refractivity contribution in [3.8, 4) is 5.75 Å². The molecule has 8 heteroatoms. The summed E-state index contributed by atoms with van der Waals surface area (Å²) in [5.41, 5.74) is 0.748. The Morgan fingerprint density at radius 1 is 1.33 bits per heavy atom. The van der Waals surface area contributed by atoms with E-state index in [-0.39, 0.29) is 17.2 Å². The standard InChI is InChI=1S/C19H16Br2ClN3O2/c1-3-10(2)18-24-16-5-4-12(20)7-14(16)19(27)25(18)23-9-11-6-13(22)8-15(21)17(11)26/h4-10,26H,3H2,1-2H3/t10-/m1/s1. The minimum absolute atomic E-state index is 0.00205. The number of hydrogen-bond acceptors (Lipinski definition) is 4. The molecule has 0 spiro atoms. The zero-order valence-electron chi connectivity index (χ0n) is 14.6. The van der Waals surface area contributed by atoms with Crippen LogP contribution in [0.4, 0.5) is 0 Å². The number of phenols is 1. The number of nitrogens with zero attached hydrogens (tertiary/aromatic N) is 3. The van der Waals surface area contributed by atoms with Crippen LogP contribution in [0.15, 0.2) is 49.2 Å². The van der Waals surface area contributed by atoms with Crippen LogP contribution < -0.4 is 5.56 Å². The first-order valence-corrected chi connectivity index (χ1v) is 10.2. The summed E-state index contributed by atoms with van der Waals surface area (Å²) in [6.07, 6.45) is 2.21. The van der Waals surface area contributed by atoms with E-state index in [1.807, 2.05) is 19.9 Å². The van der Waals surface area contributed by atoms with Crippen molar-refractivity contribution in [3.63, 3.8) is 0 Å². The maximum absolute atomic E-state index is 13.1. The van der Waals surface area contributed by atoms with Crippen molar-refractivity contribution in [2.24, 2.45) is 5.10 Å². The van der Waals surface area contributed by atoms with Gasteiger partial charge >= 0.3 is 0 Å². The Bertz CT molecular complexity index is 1110. The number of hydrogen-bond donors (Lipinski definition) is 1. The molecule has 0 amide bonds. The van der Waals surface area contributed by atoms with Crippen LogP contribution >= 0.6 is 43.5 Å². The molecule has 1 heterocycles. The number of aromatic hydroxyl groups is 1. The van der Waals surface area contributed by atoms with Gasteiger partial charge in [-0.05, 0) is 52.7 Å². The van der Waals surface area contributed by atoms with Crippen molar-refractivity contribution in [2.75, 3.05) is 0 Å². The van der Waals surface area contributed by atoms with Crippen molar-refractivity contribution >= 4 is 60.6 Å². The molecule has 1 atom stereocenters. The number of halogens is 3. The van der Waals surface area contributed by atoms with E-state index in [4.69, 9.17) is 11.6 Å². The molecular formula is C19H16Br2ClN3O2. The summed E-state index contributed by atoms with van der Waals surface area (Å²) in [4.78, 5) is 17.7. The molecule has 0 aliphatic carbocycles. The summed E-state index contributed by atoms with van der Waals surface area (Å²) in [5, 5.41) is 15.4. The van der Waals surface area contributed by atoms with Gasteiger partial charge in [0.1, 0.15) is 11.6 Å². The van der Waals surface area contributed by atoms with Gasteiger partial charge in [-0.25, -0.2) is 4.98 Å². The molecule has 0 aliphatic rings. The Morgan fingerprint density at radius 3 is 2.78 bits per heavy atom. The minimum Gasteiger partial charge on any atom is -0.506 e. The molecule has 3 aromatic rings. The summed E-state index contributed by atoms with van der Waals surface area (Å²) >= 11 is 12.7. The highest BCUT2D eigenvalue weighted by Gasteiger charge is 2.16. The van der Waals surface area contributed by atoms with Crippen LogP contribution in [0.3, 0.4) is 0 Å². The van der Waals surface area contributed by atoms with Crippen molar-refractivity contribution in [3.05, 3.63) is 66.0 Å². The Kier molecular flexibility index (Phi) is 6.03. The van der Waals surface area contributed by atoms with Crippen molar-refractivity contribution < 1.29 is 5.11 Å². The van der Waals surface area contributed by atoms with Crippen LogP contribution in [-0.2, 0) is 0 Å². The zero-order chi connectivity index (χ0) is 19.7. The molecule has 0 bridgehead atoms. The zero-order valence-corrected chi connectivity index (χ0v) is 18.5. The van der Waals surface area contributed by atoms with E-state index in [0.29, 0.717) is 31.8 Å². The molecule has 0 saturated carbocycles. The predicted molar refractivity (Wildman–Crippen MR) is 116 cm³/mol. The first-order chi connectivity index (χ1) is 12.8. The maximum Gasteiger partial charge on any atom is 0.282 e. The van der Waals surface area contributed by atoms with E-state index in [2.05, 4.69) is 41.9 Å². The first kappa shape index (κ1) is 20.0. The third-order valence-corrected chi connectivity index (χ3v) is 5.57. The van der Waals surface area contributed by atoms with E-state index in [9.17, 15) is 9.90 Å². The van der Waals surface area contributed by atoms with E-state index in [0.717, 1.165) is 10.9 Å². The highest BCUT2D eigenvalue weighted by atomic mass is 79.9. The summed E-state index contributed by atoms with van der Waals surface area (Å²) in [6.45, 7) is 4.02. The minimum atomic E-state index is -0.270. The van der Waals surface area contributed by atoms with Gasteiger partial charge in [0.05, 0.1) is 21.6 Å². The molecule has 3 rings (SSSR count). The molecule has 0 fully saturated rings. The van der Waals surface area contributed by atoms with Gasteiger partial charge in [-0.1, -0.05) is 41.4 Å². The van der Waals surface area contributed by atoms with E-state index < -0.39 is 0 Å². The summed E-state index contributed by atoms with van der Waals surface area (Å²) in [6, 6.07) is 8.54. The van der Waals surface area contributed by atoms with Gasteiger partial charge in [0.15, 0.2) is 0 Å². The average Bonchev–Trinajstić information content (AvgIpc) is 2.64. The van der Waals surface area contributed by atoms with Gasteiger partial charge in [-0.15, -0.1) is 0 Å². The lowest BCUT2D eigenvalue weighted by atomic mass is 10.1.